The molecule has 9 heteroatoms. The molecule has 9 nitrogen and oxygen atoms in total. The van der Waals surface area contributed by atoms with Crippen molar-refractivity contribution in [1.82, 2.24) is 30.0 Å². The number of carbonyl (C=O) groups is 1. The molecule has 1 fully saturated rings. The Morgan fingerprint density at radius 1 is 1.00 bits per heavy atom. The van der Waals surface area contributed by atoms with Crippen molar-refractivity contribution in [3.63, 3.8) is 0 Å². The number of amides is 1. The molecule has 2 N–H and O–H groups in total. The fourth-order valence-corrected chi connectivity index (χ4v) is 6.37. The minimum absolute atomic E-state index is 0.147. The highest BCUT2D eigenvalue weighted by Gasteiger charge is 2.22. The summed E-state index contributed by atoms with van der Waals surface area (Å²) in [6.45, 7) is 16.9. The summed E-state index contributed by atoms with van der Waals surface area (Å²) in [6.07, 6.45) is 7.29. The van der Waals surface area contributed by atoms with E-state index in [0.717, 1.165) is 91.0 Å². The number of aryl methyl sites for hydroxylation is 2. The largest absolute Gasteiger partial charge is 0.354 e. The number of pyridine rings is 2. The van der Waals surface area contributed by atoms with Gasteiger partial charge in [0.2, 0.25) is 0 Å². The summed E-state index contributed by atoms with van der Waals surface area (Å²) in [6, 6.07) is 11.0. The van der Waals surface area contributed by atoms with E-state index in [9.17, 15) is 9.59 Å². The van der Waals surface area contributed by atoms with Gasteiger partial charge in [-0.25, -0.2) is 4.98 Å². The molecule has 0 unspecified atom stereocenters. The van der Waals surface area contributed by atoms with Crippen LogP contribution in [0.2, 0.25) is 0 Å². The number of hydrogen-bond acceptors (Lipinski definition) is 6. The molecule has 1 aromatic carbocycles. The van der Waals surface area contributed by atoms with Crippen LogP contribution in [-0.2, 0) is 13.0 Å². The van der Waals surface area contributed by atoms with E-state index in [2.05, 4.69) is 77.6 Å². The molecule has 0 atom stereocenters. The molecule has 0 radical (unpaired) electrons. The predicted octanol–water partition coefficient (Wildman–Crippen LogP) is 5.87. The Hall–Kier alpha value is -3.98. The molecule has 3 aromatic heterocycles. The van der Waals surface area contributed by atoms with E-state index >= 15 is 0 Å². The molecule has 0 bridgehead atoms. The van der Waals surface area contributed by atoms with E-state index in [1.807, 2.05) is 25.3 Å². The Bertz CT molecular complexity index is 1640. The van der Waals surface area contributed by atoms with Gasteiger partial charge in [0.05, 0.1) is 23.3 Å². The van der Waals surface area contributed by atoms with Gasteiger partial charge < -0.3 is 15.2 Å². The van der Waals surface area contributed by atoms with Gasteiger partial charge in [-0.15, -0.1) is 0 Å². The quantitative estimate of drug-likeness (QED) is 0.224. The van der Waals surface area contributed by atoms with Crippen molar-refractivity contribution in [2.75, 3.05) is 31.1 Å². The third kappa shape index (κ3) is 6.58. The maximum absolute atomic E-state index is 13.8. The van der Waals surface area contributed by atoms with Crippen molar-refractivity contribution in [3.05, 3.63) is 75.5 Å². The summed E-state index contributed by atoms with van der Waals surface area (Å²) in [5.41, 5.74) is 5.60. The van der Waals surface area contributed by atoms with Gasteiger partial charge in [0.25, 0.3) is 11.5 Å². The van der Waals surface area contributed by atoms with Crippen LogP contribution in [0.25, 0.3) is 22.0 Å². The molecular weight excluding hydrogens is 550 g/mol. The average Bonchev–Trinajstić information content (AvgIpc) is 3.45. The minimum Gasteiger partial charge on any atom is -0.354 e. The van der Waals surface area contributed by atoms with Crippen LogP contribution in [-0.4, -0.2) is 62.8 Å². The van der Waals surface area contributed by atoms with Crippen LogP contribution in [0.4, 0.5) is 5.82 Å². The topological polar surface area (TPSA) is 99.2 Å². The van der Waals surface area contributed by atoms with E-state index in [0.29, 0.717) is 17.2 Å². The second-order valence-electron chi connectivity index (χ2n) is 12.3. The van der Waals surface area contributed by atoms with Gasteiger partial charge in [-0.2, -0.15) is 5.10 Å². The number of benzene rings is 1. The lowest BCUT2D eigenvalue weighted by molar-refractivity contribution is 0.0952. The molecular formula is C35H47N7O2. The SMILES string of the molecule is CCCc1cc(C)[nH]c(=O)c1CNC(=O)c1cc(-c2ccc(N3CCN(C(C)C)CC3)nc2)cc2c1cnn2C(CC)CC. The number of aromatic nitrogens is 4. The second-order valence-corrected chi connectivity index (χ2v) is 12.3. The zero-order chi connectivity index (χ0) is 31.4. The van der Waals surface area contributed by atoms with Crippen LogP contribution in [0.15, 0.2) is 47.5 Å². The Morgan fingerprint density at radius 2 is 1.75 bits per heavy atom. The molecule has 1 aliphatic rings. The number of anilines is 1. The van der Waals surface area contributed by atoms with Crippen molar-refractivity contribution in [3.8, 4) is 11.1 Å². The summed E-state index contributed by atoms with van der Waals surface area (Å²) in [4.78, 5) is 39.2. The van der Waals surface area contributed by atoms with Crippen molar-refractivity contribution >= 4 is 22.6 Å². The monoisotopic (exact) mass is 597 g/mol. The van der Waals surface area contributed by atoms with Crippen molar-refractivity contribution < 1.29 is 4.79 Å². The van der Waals surface area contributed by atoms with Crippen LogP contribution in [0.1, 0.15) is 87.1 Å². The number of fused-ring (bicyclic) bond motifs is 1. The summed E-state index contributed by atoms with van der Waals surface area (Å²) >= 11 is 0. The molecule has 1 saturated heterocycles. The lowest BCUT2D eigenvalue weighted by Gasteiger charge is -2.37. The lowest BCUT2D eigenvalue weighted by Crippen LogP contribution is -2.49. The number of carbonyl (C=O) groups excluding carboxylic acids is 1. The smallest absolute Gasteiger partial charge is 0.253 e. The van der Waals surface area contributed by atoms with Crippen LogP contribution in [0.5, 0.6) is 0 Å². The maximum atomic E-state index is 13.8. The fraction of sp³-hybridized carbons (Fsp3) is 0.486. The van der Waals surface area contributed by atoms with Gasteiger partial charge in [-0.1, -0.05) is 27.2 Å². The van der Waals surface area contributed by atoms with E-state index in [4.69, 9.17) is 10.1 Å². The maximum Gasteiger partial charge on any atom is 0.253 e. The van der Waals surface area contributed by atoms with Crippen LogP contribution in [0.3, 0.4) is 0 Å². The van der Waals surface area contributed by atoms with Gasteiger partial charge in [0, 0.05) is 67.2 Å². The number of aromatic amines is 1. The van der Waals surface area contributed by atoms with E-state index in [-0.39, 0.29) is 24.1 Å². The average molecular weight is 598 g/mol. The predicted molar refractivity (Wildman–Crippen MR) is 178 cm³/mol. The molecule has 0 saturated carbocycles. The molecule has 4 heterocycles. The Labute approximate surface area is 260 Å². The van der Waals surface area contributed by atoms with Gasteiger partial charge >= 0.3 is 0 Å². The summed E-state index contributed by atoms with van der Waals surface area (Å²) < 4.78 is 2.05. The first-order valence-electron chi connectivity index (χ1n) is 16.2. The van der Waals surface area contributed by atoms with Crippen molar-refractivity contribution in [2.24, 2.45) is 0 Å². The molecule has 234 valence electrons. The third-order valence-corrected chi connectivity index (χ3v) is 9.01. The molecule has 4 aromatic rings. The number of nitrogens with zero attached hydrogens (tertiary/aromatic N) is 5. The molecule has 0 spiro atoms. The Morgan fingerprint density at radius 3 is 2.39 bits per heavy atom. The first-order valence-corrected chi connectivity index (χ1v) is 16.2. The minimum atomic E-state index is -0.226. The summed E-state index contributed by atoms with van der Waals surface area (Å²) in [5, 5.41) is 8.60. The normalized spacial score (nSPS) is 14.2. The Kier molecular flexibility index (Phi) is 9.84. The van der Waals surface area contributed by atoms with E-state index in [1.54, 1.807) is 6.20 Å². The number of rotatable bonds is 11. The molecule has 0 aliphatic carbocycles. The van der Waals surface area contributed by atoms with Gasteiger partial charge in [0.1, 0.15) is 5.82 Å². The summed E-state index contributed by atoms with van der Waals surface area (Å²) in [5.74, 6) is 0.750. The number of hydrogen-bond donors (Lipinski definition) is 2. The van der Waals surface area contributed by atoms with Gasteiger partial charge in [-0.05, 0) is 81.5 Å². The van der Waals surface area contributed by atoms with Crippen molar-refractivity contribution in [2.45, 2.75) is 85.9 Å². The lowest BCUT2D eigenvalue weighted by atomic mass is 10.00. The molecule has 44 heavy (non-hydrogen) atoms. The van der Waals surface area contributed by atoms with E-state index < -0.39 is 0 Å². The zero-order valence-electron chi connectivity index (χ0n) is 27.1. The second kappa shape index (κ2) is 13.8. The van der Waals surface area contributed by atoms with Crippen LogP contribution in [0, 0.1) is 6.92 Å². The highest BCUT2D eigenvalue weighted by atomic mass is 16.1. The van der Waals surface area contributed by atoms with Crippen molar-refractivity contribution in [1.29, 1.82) is 0 Å². The van der Waals surface area contributed by atoms with Gasteiger partial charge in [0.15, 0.2) is 0 Å². The number of nitrogens with one attached hydrogen (secondary N) is 2. The molecule has 1 amide bonds. The Balaban J connectivity index is 1.47. The summed E-state index contributed by atoms with van der Waals surface area (Å²) in [7, 11) is 0. The molecule has 1 aliphatic heterocycles. The third-order valence-electron chi connectivity index (χ3n) is 9.01. The first-order chi connectivity index (χ1) is 21.2. The molecule has 5 rings (SSSR count). The fourth-order valence-electron chi connectivity index (χ4n) is 6.37. The van der Waals surface area contributed by atoms with Crippen LogP contribution >= 0.6 is 0 Å². The highest BCUT2D eigenvalue weighted by Crippen LogP contribution is 2.31. The standard InChI is InChI=1S/C35H47N7O2/c1-7-10-25-17-24(6)39-35(44)30(25)21-37-34(43)29-18-27(19-32-31(29)22-38-42(32)28(8-2)9-3)26-11-12-33(36-20-26)41-15-13-40(14-16-41)23(4)5/h11-12,17-20,22-23,28H,7-10,13-16,21H2,1-6H3,(H,37,43)(H,39,44). The highest BCUT2D eigenvalue weighted by molar-refractivity contribution is 6.08. The number of piperazine rings is 1. The van der Waals surface area contributed by atoms with E-state index in [1.165, 1.54) is 0 Å². The zero-order valence-corrected chi connectivity index (χ0v) is 27.1. The van der Waals surface area contributed by atoms with Crippen LogP contribution < -0.4 is 15.8 Å². The first kappa shape index (κ1) is 31.4. The number of H-pyrrole nitrogens is 1. The van der Waals surface area contributed by atoms with Gasteiger partial charge in [-0.3, -0.25) is 19.2 Å².